The number of benzene rings is 2. The molecule has 5 nitrogen and oxygen atoms in total. The maximum atomic E-state index is 17.9. The molecule has 2 aromatic carbocycles. The van der Waals surface area contributed by atoms with Crippen LogP contribution >= 0.6 is 0 Å². The summed E-state index contributed by atoms with van der Waals surface area (Å²) in [4.78, 5) is 29.7. The molecule has 6 heteroatoms. The number of nitrogens with zero attached hydrogens (tertiary/aromatic N) is 1. The summed E-state index contributed by atoms with van der Waals surface area (Å²) in [5.74, 6) is -0.393. The van der Waals surface area contributed by atoms with Gasteiger partial charge in [0, 0.05) is 31.0 Å². The third-order valence-electron chi connectivity index (χ3n) is 13.3. The molecule has 1 aliphatic heterocycles. The second-order valence-corrected chi connectivity index (χ2v) is 15.2. The highest BCUT2D eigenvalue weighted by Gasteiger charge is 2.78. The Balaban J connectivity index is 1.19. The molecule has 1 saturated heterocycles. The normalized spacial score (nSPS) is 41.6. The molecule has 1 heterocycles. The van der Waals surface area contributed by atoms with Crippen LogP contribution in [0.3, 0.4) is 0 Å². The van der Waals surface area contributed by atoms with E-state index >= 15 is 9.18 Å². The molecular weight excluding hydrogens is 551 g/mol. The van der Waals surface area contributed by atoms with Crippen LogP contribution in [0.25, 0.3) is 0 Å². The summed E-state index contributed by atoms with van der Waals surface area (Å²) in [5, 5.41) is 15.6. The van der Waals surface area contributed by atoms with Crippen molar-refractivity contribution < 1.29 is 19.1 Å². The molecule has 8 rings (SSSR count). The summed E-state index contributed by atoms with van der Waals surface area (Å²) in [6.07, 6.45) is 7.61. The number of allylic oxidation sites excluding steroid dienone is 4. The molecule has 4 saturated carbocycles. The van der Waals surface area contributed by atoms with Gasteiger partial charge in [0.15, 0.2) is 11.5 Å². The fraction of sp³-hybridized carbons (Fsp3) is 0.526. The van der Waals surface area contributed by atoms with Crippen molar-refractivity contribution in [3.8, 4) is 0 Å². The molecule has 230 valence electrons. The van der Waals surface area contributed by atoms with Crippen LogP contribution in [0.15, 0.2) is 84.5 Å². The van der Waals surface area contributed by atoms with Gasteiger partial charge in [0.1, 0.15) is 0 Å². The number of aliphatic hydroxyl groups excluding tert-OH is 1. The summed E-state index contributed by atoms with van der Waals surface area (Å²) in [5.41, 5.74) is -1.43. The summed E-state index contributed by atoms with van der Waals surface area (Å²) in [7, 11) is 0. The first-order valence-electron chi connectivity index (χ1n) is 16.5. The monoisotopic (exact) mass is 594 g/mol. The van der Waals surface area contributed by atoms with Crippen molar-refractivity contribution in [2.24, 2.45) is 34.0 Å². The molecule has 2 N–H and O–H groups in total. The van der Waals surface area contributed by atoms with E-state index < -0.39 is 33.9 Å². The van der Waals surface area contributed by atoms with Gasteiger partial charge in [-0.15, -0.1) is 0 Å². The van der Waals surface area contributed by atoms with Crippen LogP contribution in [-0.2, 0) is 21.7 Å². The Morgan fingerprint density at radius 2 is 1.75 bits per heavy atom. The fourth-order valence-electron chi connectivity index (χ4n) is 10.9. The standard InChI is InChI=1S/C38H43FN2O3/c1-34-16-15-29(42)19-27(34)13-14-30-31-20-28-23-41(22-25-9-5-3-6-10-25)24-37(28,35(31,2)21-32(43)38(30,34)39)33(44)40-36(17-18-36)26-11-7-4-8-12-26/h3-12,15-16,19,28,30-32,43H,13-14,17-18,20-24H2,1-2H3,(H,40,44). The highest BCUT2D eigenvalue weighted by atomic mass is 19.1. The SMILES string of the molecule is CC12C=CC(=O)C=C1CCC1C3CC4CN(Cc5ccccc5)CC4(C(=O)NC4(c5ccccc5)CC4)C3(C)CC(O)C12F. The smallest absolute Gasteiger partial charge is 0.229 e. The lowest BCUT2D eigenvalue weighted by molar-refractivity contribution is -0.206. The number of rotatable bonds is 5. The molecule has 0 aromatic heterocycles. The van der Waals surface area contributed by atoms with Crippen LogP contribution in [-0.4, -0.2) is 46.6 Å². The van der Waals surface area contributed by atoms with Crippen LogP contribution in [0.1, 0.15) is 63.5 Å². The zero-order valence-corrected chi connectivity index (χ0v) is 25.8. The van der Waals surface area contributed by atoms with Gasteiger partial charge < -0.3 is 10.4 Å². The van der Waals surface area contributed by atoms with Crippen LogP contribution < -0.4 is 5.32 Å². The first kappa shape index (κ1) is 28.4. The Morgan fingerprint density at radius 3 is 2.45 bits per heavy atom. The van der Waals surface area contributed by atoms with E-state index in [0.717, 1.165) is 43.5 Å². The lowest BCUT2D eigenvalue weighted by Crippen LogP contribution is -2.69. The molecule has 0 radical (unpaired) electrons. The van der Waals surface area contributed by atoms with Gasteiger partial charge >= 0.3 is 0 Å². The quantitative estimate of drug-likeness (QED) is 0.453. The predicted molar refractivity (Wildman–Crippen MR) is 167 cm³/mol. The molecule has 1 amide bonds. The van der Waals surface area contributed by atoms with E-state index in [1.807, 2.05) is 31.2 Å². The Kier molecular flexibility index (Phi) is 6.11. The zero-order chi connectivity index (χ0) is 30.5. The number of ketones is 1. The van der Waals surface area contributed by atoms with Gasteiger partial charge in [0.2, 0.25) is 5.91 Å². The topological polar surface area (TPSA) is 69.6 Å². The lowest BCUT2D eigenvalue weighted by atomic mass is 9.43. The zero-order valence-electron chi connectivity index (χ0n) is 25.8. The average molecular weight is 595 g/mol. The number of hydrogen-bond acceptors (Lipinski definition) is 4. The van der Waals surface area contributed by atoms with E-state index in [4.69, 9.17) is 0 Å². The van der Waals surface area contributed by atoms with Crippen molar-refractivity contribution in [2.75, 3.05) is 13.1 Å². The molecule has 8 atom stereocenters. The van der Waals surface area contributed by atoms with Gasteiger partial charge in [0.05, 0.1) is 17.1 Å². The van der Waals surface area contributed by atoms with Gasteiger partial charge in [-0.25, -0.2) is 4.39 Å². The van der Waals surface area contributed by atoms with Gasteiger partial charge in [0.25, 0.3) is 0 Å². The minimum Gasteiger partial charge on any atom is -0.390 e. The molecule has 5 fully saturated rings. The van der Waals surface area contributed by atoms with Crippen LogP contribution in [0.5, 0.6) is 0 Å². The predicted octanol–water partition coefficient (Wildman–Crippen LogP) is 5.89. The number of amides is 1. The first-order valence-corrected chi connectivity index (χ1v) is 16.5. The number of halogens is 1. The van der Waals surface area contributed by atoms with Crippen molar-refractivity contribution in [3.63, 3.8) is 0 Å². The van der Waals surface area contributed by atoms with Gasteiger partial charge in [-0.1, -0.05) is 79.2 Å². The summed E-state index contributed by atoms with van der Waals surface area (Å²) < 4.78 is 17.9. The Labute approximate surface area is 259 Å². The molecule has 2 aromatic rings. The highest BCUT2D eigenvalue weighted by Crippen LogP contribution is 2.74. The van der Waals surface area contributed by atoms with Crippen molar-refractivity contribution in [1.82, 2.24) is 10.2 Å². The maximum absolute atomic E-state index is 17.9. The van der Waals surface area contributed by atoms with E-state index in [-0.39, 0.29) is 35.5 Å². The van der Waals surface area contributed by atoms with Gasteiger partial charge in [-0.3, -0.25) is 14.5 Å². The molecule has 6 aliphatic rings. The number of hydrogen-bond donors (Lipinski definition) is 2. The molecule has 5 aliphatic carbocycles. The largest absolute Gasteiger partial charge is 0.390 e. The number of fused-ring (bicyclic) bond motifs is 7. The Bertz CT molecular complexity index is 1570. The Morgan fingerprint density at radius 1 is 1.05 bits per heavy atom. The number of carbonyl (C=O) groups excluding carboxylic acids is 2. The van der Waals surface area contributed by atoms with E-state index in [2.05, 4.69) is 53.5 Å². The first-order chi connectivity index (χ1) is 21.1. The molecule has 0 spiro atoms. The van der Waals surface area contributed by atoms with E-state index in [0.29, 0.717) is 19.4 Å². The summed E-state index contributed by atoms with van der Waals surface area (Å²) >= 11 is 0. The van der Waals surface area contributed by atoms with E-state index in [1.54, 1.807) is 12.2 Å². The second-order valence-electron chi connectivity index (χ2n) is 15.2. The molecule has 44 heavy (non-hydrogen) atoms. The number of nitrogens with one attached hydrogen (secondary N) is 1. The number of alkyl halides is 1. The maximum Gasteiger partial charge on any atom is 0.229 e. The van der Waals surface area contributed by atoms with Gasteiger partial charge in [-0.05, 0) is 86.0 Å². The van der Waals surface area contributed by atoms with Crippen LogP contribution in [0.4, 0.5) is 4.39 Å². The van der Waals surface area contributed by atoms with Crippen LogP contribution in [0, 0.1) is 34.0 Å². The van der Waals surface area contributed by atoms with Crippen molar-refractivity contribution in [3.05, 3.63) is 95.6 Å². The van der Waals surface area contributed by atoms with E-state index in [1.165, 1.54) is 11.6 Å². The fourth-order valence-corrected chi connectivity index (χ4v) is 10.9. The van der Waals surface area contributed by atoms with Crippen molar-refractivity contribution in [1.29, 1.82) is 0 Å². The van der Waals surface area contributed by atoms with Crippen molar-refractivity contribution >= 4 is 11.7 Å². The number of likely N-dealkylation sites (tertiary alicyclic amines) is 1. The van der Waals surface area contributed by atoms with Crippen LogP contribution in [0.2, 0.25) is 0 Å². The molecular formula is C38H43FN2O3. The highest BCUT2D eigenvalue weighted by molar-refractivity contribution is 6.01. The third kappa shape index (κ3) is 3.64. The number of carbonyl (C=O) groups is 2. The minimum absolute atomic E-state index is 0.0400. The van der Waals surface area contributed by atoms with E-state index in [9.17, 15) is 9.90 Å². The lowest BCUT2D eigenvalue weighted by Gasteiger charge is -2.63. The second kappa shape index (κ2) is 9.46. The van der Waals surface area contributed by atoms with Gasteiger partial charge in [-0.2, -0.15) is 0 Å². The number of aliphatic hydroxyl groups is 1. The third-order valence-corrected chi connectivity index (χ3v) is 13.3. The average Bonchev–Trinajstić information content (AvgIpc) is 3.64. The minimum atomic E-state index is -1.89. The Hall–Kier alpha value is -3.09. The molecule has 0 bridgehead atoms. The summed E-state index contributed by atoms with van der Waals surface area (Å²) in [6.45, 7) is 6.22. The molecule has 8 unspecified atom stereocenters. The summed E-state index contributed by atoms with van der Waals surface area (Å²) in [6, 6.07) is 20.7. The van der Waals surface area contributed by atoms with Crippen molar-refractivity contribution in [2.45, 2.75) is 76.2 Å².